The molecule has 0 unspecified atom stereocenters. The summed E-state index contributed by atoms with van der Waals surface area (Å²) in [6.07, 6.45) is 0. The molecule has 0 atom stereocenters. The quantitative estimate of drug-likeness (QED) is 0.846. The first-order valence-corrected chi connectivity index (χ1v) is 5.45. The van der Waals surface area contributed by atoms with Crippen molar-refractivity contribution in [2.75, 3.05) is 5.73 Å². The molecule has 0 aromatic heterocycles. The number of nitrogens with two attached hydrogens (primary N) is 1. The van der Waals surface area contributed by atoms with Crippen molar-refractivity contribution in [3.8, 4) is 5.75 Å². The Hall–Kier alpha value is -1.74. The van der Waals surface area contributed by atoms with Gasteiger partial charge < -0.3 is 10.5 Å². The molecule has 0 saturated carbocycles. The molecule has 17 heavy (non-hydrogen) atoms. The fraction of sp³-hybridized carbons (Fsp3) is 0.0769. The number of hydrogen-bond acceptors (Lipinski definition) is 2. The molecule has 2 aromatic carbocycles. The van der Waals surface area contributed by atoms with Crippen molar-refractivity contribution in [2.45, 2.75) is 6.61 Å². The van der Waals surface area contributed by atoms with E-state index in [2.05, 4.69) is 0 Å². The van der Waals surface area contributed by atoms with Gasteiger partial charge in [-0.1, -0.05) is 23.7 Å². The standard InChI is InChI=1S/C13H11ClFNO/c14-10-2-1-3-12(6-10)17-8-9-4-5-11(16)7-13(9)15/h1-7H,8,16H2. The van der Waals surface area contributed by atoms with Gasteiger partial charge in [0.1, 0.15) is 18.2 Å². The van der Waals surface area contributed by atoms with E-state index in [0.717, 1.165) is 0 Å². The van der Waals surface area contributed by atoms with Crippen LogP contribution in [0.4, 0.5) is 10.1 Å². The van der Waals surface area contributed by atoms with E-state index in [1.165, 1.54) is 6.07 Å². The highest BCUT2D eigenvalue weighted by molar-refractivity contribution is 6.30. The molecular weight excluding hydrogens is 241 g/mol. The van der Waals surface area contributed by atoms with E-state index in [9.17, 15) is 4.39 Å². The number of nitrogen functional groups attached to an aromatic ring is 1. The molecular formula is C13H11ClFNO. The summed E-state index contributed by atoms with van der Waals surface area (Å²) in [5.74, 6) is 0.237. The summed E-state index contributed by atoms with van der Waals surface area (Å²) in [7, 11) is 0. The number of hydrogen-bond donors (Lipinski definition) is 1. The van der Waals surface area contributed by atoms with Crippen LogP contribution in [0, 0.1) is 5.82 Å². The molecule has 0 aliphatic rings. The molecule has 0 bridgehead atoms. The first-order valence-electron chi connectivity index (χ1n) is 5.07. The van der Waals surface area contributed by atoms with Crippen molar-refractivity contribution in [2.24, 2.45) is 0 Å². The van der Waals surface area contributed by atoms with Crippen LogP contribution in [-0.2, 0) is 6.61 Å². The van der Waals surface area contributed by atoms with E-state index in [-0.39, 0.29) is 12.4 Å². The zero-order valence-corrected chi connectivity index (χ0v) is 9.75. The normalized spacial score (nSPS) is 10.2. The molecule has 0 spiro atoms. The van der Waals surface area contributed by atoms with Gasteiger partial charge >= 0.3 is 0 Å². The van der Waals surface area contributed by atoms with E-state index in [4.69, 9.17) is 22.1 Å². The predicted octanol–water partition coefficient (Wildman–Crippen LogP) is 3.64. The average molecular weight is 252 g/mol. The monoisotopic (exact) mass is 251 g/mol. The molecule has 2 rings (SSSR count). The highest BCUT2D eigenvalue weighted by Crippen LogP contribution is 2.19. The third-order valence-corrected chi connectivity index (χ3v) is 2.50. The van der Waals surface area contributed by atoms with Gasteiger partial charge in [0.05, 0.1) is 0 Å². The van der Waals surface area contributed by atoms with Crippen LogP contribution in [-0.4, -0.2) is 0 Å². The number of benzene rings is 2. The topological polar surface area (TPSA) is 35.2 Å². The first kappa shape index (κ1) is 11.7. The Kier molecular flexibility index (Phi) is 3.49. The van der Waals surface area contributed by atoms with Crippen molar-refractivity contribution < 1.29 is 9.13 Å². The van der Waals surface area contributed by atoms with Crippen LogP contribution in [0.1, 0.15) is 5.56 Å². The fourth-order valence-electron chi connectivity index (χ4n) is 1.40. The van der Waals surface area contributed by atoms with Crippen LogP contribution in [0.25, 0.3) is 0 Å². The molecule has 0 radical (unpaired) electrons. The second kappa shape index (κ2) is 5.06. The number of ether oxygens (including phenoxy) is 1. The number of rotatable bonds is 3. The molecule has 0 saturated heterocycles. The summed E-state index contributed by atoms with van der Waals surface area (Å²) in [6, 6.07) is 11.5. The molecule has 0 aliphatic heterocycles. The Morgan fingerprint density at radius 3 is 2.71 bits per heavy atom. The molecule has 88 valence electrons. The molecule has 0 aliphatic carbocycles. The van der Waals surface area contributed by atoms with Crippen LogP contribution in [0.5, 0.6) is 5.75 Å². The minimum atomic E-state index is -0.368. The first-order chi connectivity index (χ1) is 8.15. The lowest BCUT2D eigenvalue weighted by Crippen LogP contribution is -1.99. The lowest BCUT2D eigenvalue weighted by molar-refractivity contribution is 0.300. The van der Waals surface area contributed by atoms with Gasteiger partial charge in [-0.2, -0.15) is 0 Å². The lowest BCUT2D eigenvalue weighted by atomic mass is 10.2. The van der Waals surface area contributed by atoms with Crippen molar-refractivity contribution in [1.29, 1.82) is 0 Å². The van der Waals surface area contributed by atoms with Gasteiger partial charge in [0.25, 0.3) is 0 Å². The second-order valence-corrected chi connectivity index (χ2v) is 4.03. The van der Waals surface area contributed by atoms with Crippen molar-refractivity contribution in [3.63, 3.8) is 0 Å². The summed E-state index contributed by atoms with van der Waals surface area (Å²) in [5, 5.41) is 0.584. The molecule has 0 heterocycles. The summed E-state index contributed by atoms with van der Waals surface area (Å²) in [5.41, 5.74) is 6.31. The van der Waals surface area contributed by atoms with E-state index in [1.807, 2.05) is 0 Å². The molecule has 2 nitrogen and oxygen atoms in total. The van der Waals surface area contributed by atoms with Gasteiger partial charge in [-0.15, -0.1) is 0 Å². The fourth-order valence-corrected chi connectivity index (χ4v) is 1.58. The second-order valence-electron chi connectivity index (χ2n) is 3.60. The summed E-state index contributed by atoms with van der Waals surface area (Å²) in [4.78, 5) is 0. The van der Waals surface area contributed by atoms with Gasteiger partial charge in [0.15, 0.2) is 0 Å². The minimum Gasteiger partial charge on any atom is -0.489 e. The van der Waals surface area contributed by atoms with Crippen LogP contribution in [0.15, 0.2) is 42.5 Å². The maximum absolute atomic E-state index is 13.4. The van der Waals surface area contributed by atoms with Gasteiger partial charge in [-0.05, 0) is 30.3 Å². The zero-order valence-electron chi connectivity index (χ0n) is 8.99. The van der Waals surface area contributed by atoms with Gasteiger partial charge in [-0.25, -0.2) is 4.39 Å². The van der Waals surface area contributed by atoms with Crippen molar-refractivity contribution >= 4 is 17.3 Å². The van der Waals surface area contributed by atoms with Crippen LogP contribution < -0.4 is 10.5 Å². The minimum absolute atomic E-state index is 0.145. The maximum Gasteiger partial charge on any atom is 0.131 e. The largest absolute Gasteiger partial charge is 0.489 e. The van der Waals surface area contributed by atoms with E-state index in [1.54, 1.807) is 36.4 Å². The van der Waals surface area contributed by atoms with Crippen molar-refractivity contribution in [3.05, 3.63) is 58.9 Å². The molecule has 4 heteroatoms. The average Bonchev–Trinajstić information content (AvgIpc) is 2.28. The van der Waals surface area contributed by atoms with Crippen LogP contribution in [0.3, 0.4) is 0 Å². The van der Waals surface area contributed by atoms with Crippen LogP contribution in [0.2, 0.25) is 5.02 Å². The molecule has 0 amide bonds. The third-order valence-electron chi connectivity index (χ3n) is 2.27. The third kappa shape index (κ3) is 3.11. The van der Waals surface area contributed by atoms with E-state index >= 15 is 0 Å². The molecule has 0 fully saturated rings. The Balaban J connectivity index is 2.07. The summed E-state index contributed by atoms with van der Waals surface area (Å²) in [6.45, 7) is 0.145. The highest BCUT2D eigenvalue weighted by Gasteiger charge is 2.03. The highest BCUT2D eigenvalue weighted by atomic mass is 35.5. The van der Waals surface area contributed by atoms with Crippen molar-refractivity contribution in [1.82, 2.24) is 0 Å². The Morgan fingerprint density at radius 1 is 1.18 bits per heavy atom. The maximum atomic E-state index is 13.4. The summed E-state index contributed by atoms with van der Waals surface area (Å²) >= 11 is 5.81. The zero-order chi connectivity index (χ0) is 12.3. The predicted molar refractivity (Wildman–Crippen MR) is 66.6 cm³/mol. The molecule has 2 N–H and O–H groups in total. The van der Waals surface area contributed by atoms with E-state index in [0.29, 0.717) is 22.0 Å². The smallest absolute Gasteiger partial charge is 0.131 e. The Bertz CT molecular complexity index is 531. The van der Waals surface area contributed by atoms with Gasteiger partial charge in [-0.3, -0.25) is 0 Å². The summed E-state index contributed by atoms with van der Waals surface area (Å²) < 4.78 is 18.9. The molecule has 2 aromatic rings. The van der Waals surface area contributed by atoms with E-state index < -0.39 is 0 Å². The Morgan fingerprint density at radius 2 is 2.00 bits per heavy atom. The number of anilines is 1. The van der Waals surface area contributed by atoms with Gasteiger partial charge in [0.2, 0.25) is 0 Å². The number of halogens is 2. The van der Waals surface area contributed by atoms with Gasteiger partial charge in [0, 0.05) is 16.3 Å². The lowest BCUT2D eigenvalue weighted by Gasteiger charge is -2.07. The SMILES string of the molecule is Nc1ccc(COc2cccc(Cl)c2)c(F)c1. The van der Waals surface area contributed by atoms with Crippen LogP contribution >= 0.6 is 11.6 Å². The Labute approximate surface area is 104 Å².